The van der Waals surface area contributed by atoms with Gasteiger partial charge in [-0.2, -0.15) is 4.98 Å². The maximum absolute atomic E-state index is 13.4. The standard InChI is InChI=1S/C25H25N5O4/c1-4-34-20-8-6-5-7-17(20)22-21-18(13-25(2,3)14-19(21)31)26-24-27-23(28-29(22)24)15-9-11-16(12-10-15)30(32)33/h5-12,22H,4,13-14H2,1-3H3,(H,26,27,28). The van der Waals surface area contributed by atoms with Crippen LogP contribution in [-0.2, 0) is 4.79 Å². The van der Waals surface area contributed by atoms with Crippen LogP contribution in [0, 0.1) is 15.5 Å². The summed E-state index contributed by atoms with van der Waals surface area (Å²) in [6.45, 7) is 6.58. The molecule has 1 unspecified atom stereocenters. The van der Waals surface area contributed by atoms with Gasteiger partial charge in [-0.1, -0.05) is 32.0 Å². The summed E-state index contributed by atoms with van der Waals surface area (Å²) in [6, 6.07) is 13.3. The molecule has 9 heteroatoms. The first-order valence-electron chi connectivity index (χ1n) is 11.2. The molecule has 0 fully saturated rings. The number of allylic oxidation sites excluding steroid dienone is 2. The average molecular weight is 460 g/mol. The molecule has 1 aliphatic heterocycles. The molecular formula is C25H25N5O4. The van der Waals surface area contributed by atoms with Crippen LogP contribution in [0.5, 0.6) is 5.75 Å². The number of carbonyl (C=O) groups excluding carboxylic acids is 1. The fraction of sp³-hybridized carbons (Fsp3) is 0.320. The van der Waals surface area contributed by atoms with Gasteiger partial charge < -0.3 is 10.1 Å². The maximum Gasteiger partial charge on any atom is 0.269 e. The third kappa shape index (κ3) is 3.72. The number of ketones is 1. The Bertz CT molecular complexity index is 1320. The molecule has 2 heterocycles. The van der Waals surface area contributed by atoms with Crippen molar-refractivity contribution in [3.63, 3.8) is 0 Å². The normalized spacial score (nSPS) is 18.7. The van der Waals surface area contributed by atoms with Crippen molar-refractivity contribution in [1.29, 1.82) is 0 Å². The summed E-state index contributed by atoms with van der Waals surface area (Å²) in [6.07, 6.45) is 1.15. The number of nitrogens with zero attached hydrogens (tertiary/aromatic N) is 4. The van der Waals surface area contributed by atoms with Crippen LogP contribution in [0.25, 0.3) is 11.4 Å². The van der Waals surface area contributed by atoms with E-state index in [0.717, 1.165) is 11.3 Å². The van der Waals surface area contributed by atoms with Crippen molar-refractivity contribution in [3.8, 4) is 17.1 Å². The molecule has 9 nitrogen and oxygen atoms in total. The second-order valence-corrected chi connectivity index (χ2v) is 9.34. The zero-order chi connectivity index (χ0) is 24.0. The molecule has 3 aromatic rings. The molecule has 1 aromatic heterocycles. The van der Waals surface area contributed by atoms with Gasteiger partial charge in [0.2, 0.25) is 5.95 Å². The van der Waals surface area contributed by atoms with Gasteiger partial charge in [0.25, 0.3) is 5.69 Å². The summed E-state index contributed by atoms with van der Waals surface area (Å²) in [7, 11) is 0. The van der Waals surface area contributed by atoms with Gasteiger partial charge in [-0.3, -0.25) is 14.9 Å². The van der Waals surface area contributed by atoms with E-state index in [-0.39, 0.29) is 16.9 Å². The minimum absolute atomic E-state index is 0.000625. The number of nitro benzene ring substituents is 1. The second kappa shape index (κ2) is 8.09. The van der Waals surface area contributed by atoms with Crippen LogP contribution in [0.1, 0.15) is 45.2 Å². The topological polar surface area (TPSA) is 112 Å². The summed E-state index contributed by atoms with van der Waals surface area (Å²) < 4.78 is 7.63. The number of hydrogen-bond acceptors (Lipinski definition) is 7. The smallest absolute Gasteiger partial charge is 0.269 e. The zero-order valence-corrected chi connectivity index (χ0v) is 19.2. The predicted molar refractivity (Wildman–Crippen MR) is 127 cm³/mol. The first-order valence-corrected chi connectivity index (χ1v) is 11.2. The van der Waals surface area contributed by atoms with Gasteiger partial charge in [0, 0.05) is 41.0 Å². The SMILES string of the molecule is CCOc1ccccc1C1C2=C(CC(C)(C)CC2=O)Nc2nc(-c3ccc([N+](=O)[O-])cc3)nn21. The summed E-state index contributed by atoms with van der Waals surface area (Å²) >= 11 is 0. The highest BCUT2D eigenvalue weighted by Crippen LogP contribution is 2.47. The number of nitrogens with one attached hydrogen (secondary N) is 1. The molecule has 2 aromatic carbocycles. The molecule has 2 aliphatic rings. The Morgan fingerprint density at radius 1 is 1.18 bits per heavy atom. The molecule has 0 amide bonds. The number of para-hydroxylation sites is 1. The van der Waals surface area contributed by atoms with Crippen molar-refractivity contribution >= 4 is 17.4 Å². The molecule has 5 rings (SSSR count). The first-order chi connectivity index (χ1) is 16.3. The molecule has 1 N–H and O–H groups in total. The Hall–Kier alpha value is -4.01. The lowest BCUT2D eigenvalue weighted by Crippen LogP contribution is -2.36. The number of benzene rings is 2. The quantitative estimate of drug-likeness (QED) is 0.426. The highest BCUT2D eigenvalue weighted by atomic mass is 16.6. The number of ether oxygens (including phenoxy) is 1. The molecule has 1 aliphatic carbocycles. The number of aromatic nitrogens is 3. The van der Waals surface area contributed by atoms with E-state index in [2.05, 4.69) is 19.2 Å². The molecule has 1 atom stereocenters. The summed E-state index contributed by atoms with van der Waals surface area (Å²) in [4.78, 5) is 28.7. The Labute approximate surface area is 196 Å². The number of hydrogen-bond donors (Lipinski definition) is 1. The third-order valence-electron chi connectivity index (χ3n) is 6.18. The van der Waals surface area contributed by atoms with Crippen molar-refractivity contribution in [2.75, 3.05) is 11.9 Å². The van der Waals surface area contributed by atoms with Crippen molar-refractivity contribution in [2.24, 2.45) is 5.41 Å². The largest absolute Gasteiger partial charge is 0.494 e. The van der Waals surface area contributed by atoms with E-state index in [1.807, 2.05) is 31.2 Å². The van der Waals surface area contributed by atoms with Crippen LogP contribution in [0.4, 0.5) is 11.6 Å². The number of fused-ring (bicyclic) bond motifs is 1. The predicted octanol–water partition coefficient (Wildman–Crippen LogP) is 4.91. The van der Waals surface area contributed by atoms with Gasteiger partial charge in [0.15, 0.2) is 11.6 Å². The molecule has 0 spiro atoms. The van der Waals surface area contributed by atoms with Gasteiger partial charge in [-0.25, -0.2) is 4.68 Å². The van der Waals surface area contributed by atoms with Crippen molar-refractivity contribution in [2.45, 2.75) is 39.7 Å². The fourth-order valence-corrected chi connectivity index (χ4v) is 4.74. The van der Waals surface area contributed by atoms with Gasteiger partial charge in [0.05, 0.1) is 11.5 Å². The van der Waals surface area contributed by atoms with Crippen LogP contribution in [0.15, 0.2) is 59.8 Å². The van der Waals surface area contributed by atoms with Crippen molar-refractivity contribution in [3.05, 3.63) is 75.5 Å². The van der Waals surface area contributed by atoms with Crippen LogP contribution in [0.3, 0.4) is 0 Å². The number of nitro groups is 1. The third-order valence-corrected chi connectivity index (χ3v) is 6.18. The Kier molecular flexibility index (Phi) is 5.19. The maximum atomic E-state index is 13.4. The Balaban J connectivity index is 1.66. The Morgan fingerprint density at radius 3 is 2.62 bits per heavy atom. The lowest BCUT2D eigenvalue weighted by molar-refractivity contribution is -0.384. The molecule has 0 radical (unpaired) electrons. The van der Waals surface area contributed by atoms with Gasteiger partial charge in [-0.15, -0.1) is 5.10 Å². The van der Waals surface area contributed by atoms with Gasteiger partial charge in [-0.05, 0) is 37.0 Å². The van der Waals surface area contributed by atoms with E-state index < -0.39 is 11.0 Å². The molecule has 0 saturated carbocycles. The number of Topliss-reactive ketones (excluding diaryl/α,β-unsaturated/α-hetero) is 1. The zero-order valence-electron chi connectivity index (χ0n) is 19.2. The minimum atomic E-state index is -0.489. The number of non-ortho nitro benzene ring substituents is 1. The molecular weight excluding hydrogens is 434 g/mol. The number of anilines is 1. The highest BCUT2D eigenvalue weighted by Gasteiger charge is 2.42. The molecule has 34 heavy (non-hydrogen) atoms. The van der Waals surface area contributed by atoms with Crippen molar-refractivity contribution < 1.29 is 14.5 Å². The summed E-state index contributed by atoms with van der Waals surface area (Å²) in [5.41, 5.74) is 2.85. The second-order valence-electron chi connectivity index (χ2n) is 9.34. The lowest BCUT2D eigenvalue weighted by Gasteiger charge is -2.38. The Morgan fingerprint density at radius 2 is 1.91 bits per heavy atom. The summed E-state index contributed by atoms with van der Waals surface area (Å²) in [5.74, 6) is 1.71. The van der Waals surface area contributed by atoms with Crippen molar-refractivity contribution in [1.82, 2.24) is 14.8 Å². The first kappa shape index (κ1) is 21.8. The molecule has 0 bridgehead atoms. The molecule has 0 saturated heterocycles. The van der Waals surface area contributed by atoms with Gasteiger partial charge >= 0.3 is 0 Å². The minimum Gasteiger partial charge on any atom is -0.494 e. The van der Waals surface area contributed by atoms with E-state index in [9.17, 15) is 14.9 Å². The van der Waals surface area contributed by atoms with E-state index in [4.69, 9.17) is 14.8 Å². The highest BCUT2D eigenvalue weighted by molar-refractivity contribution is 6.00. The van der Waals surface area contributed by atoms with E-state index in [0.29, 0.717) is 48.1 Å². The molecule has 174 valence electrons. The number of rotatable bonds is 5. The van der Waals surface area contributed by atoms with Crippen LogP contribution >= 0.6 is 0 Å². The van der Waals surface area contributed by atoms with E-state index >= 15 is 0 Å². The van der Waals surface area contributed by atoms with Crippen LogP contribution < -0.4 is 10.1 Å². The monoisotopic (exact) mass is 459 g/mol. The van der Waals surface area contributed by atoms with E-state index in [1.165, 1.54) is 12.1 Å². The summed E-state index contributed by atoms with van der Waals surface area (Å²) in [5, 5.41) is 19.1. The van der Waals surface area contributed by atoms with E-state index in [1.54, 1.807) is 16.8 Å². The van der Waals surface area contributed by atoms with Crippen LogP contribution in [0.2, 0.25) is 0 Å². The lowest BCUT2D eigenvalue weighted by atomic mass is 9.73. The average Bonchev–Trinajstić information content (AvgIpc) is 3.21. The van der Waals surface area contributed by atoms with Crippen LogP contribution in [-0.4, -0.2) is 32.1 Å². The van der Waals surface area contributed by atoms with Gasteiger partial charge in [0.1, 0.15) is 11.8 Å². The fourth-order valence-electron chi connectivity index (χ4n) is 4.74. The number of carbonyl (C=O) groups is 1.